The van der Waals surface area contributed by atoms with Crippen LogP contribution in [0.5, 0.6) is 5.75 Å². The summed E-state index contributed by atoms with van der Waals surface area (Å²) in [6.07, 6.45) is 1.94. The molecule has 0 saturated carbocycles. The molecule has 0 spiro atoms. The zero-order valence-electron chi connectivity index (χ0n) is 7.80. The molecule has 3 nitrogen and oxygen atoms in total. The molecule has 0 radical (unpaired) electrons. The Morgan fingerprint density at radius 3 is 2.57 bits per heavy atom. The Balaban J connectivity index is 3.04. The molecule has 2 N–H and O–H groups in total. The van der Waals surface area contributed by atoms with E-state index in [1.165, 1.54) is 0 Å². The number of rotatable bonds is 3. The van der Waals surface area contributed by atoms with Crippen molar-refractivity contribution in [3.63, 3.8) is 0 Å². The fourth-order valence-electron chi connectivity index (χ4n) is 1.04. The summed E-state index contributed by atoms with van der Waals surface area (Å²) >= 11 is 5.97. The van der Waals surface area contributed by atoms with Crippen LogP contribution < -0.4 is 4.52 Å². The van der Waals surface area contributed by atoms with E-state index in [0.29, 0.717) is 5.75 Å². The molecule has 0 saturated heterocycles. The highest BCUT2D eigenvalue weighted by molar-refractivity contribution is 8.06. The summed E-state index contributed by atoms with van der Waals surface area (Å²) in [5.41, 5.74) is 0.873. The Morgan fingerprint density at radius 2 is 2.07 bits per heavy atom. The molecular formula is C8H11O3PS2. The van der Waals surface area contributed by atoms with Crippen LogP contribution in [0.4, 0.5) is 0 Å². The van der Waals surface area contributed by atoms with Crippen molar-refractivity contribution in [3.05, 3.63) is 23.8 Å². The van der Waals surface area contributed by atoms with Crippen LogP contribution in [-0.2, 0) is 11.8 Å². The zero-order chi connectivity index (χ0) is 10.8. The van der Waals surface area contributed by atoms with Gasteiger partial charge in [-0.25, -0.2) is 0 Å². The van der Waals surface area contributed by atoms with Gasteiger partial charge in [0.2, 0.25) is 0 Å². The van der Waals surface area contributed by atoms with Gasteiger partial charge in [0.15, 0.2) is 0 Å². The first kappa shape index (κ1) is 12.0. The van der Waals surface area contributed by atoms with Crippen molar-refractivity contribution in [1.82, 2.24) is 0 Å². The number of thioether (sulfide) groups is 1. The van der Waals surface area contributed by atoms with Gasteiger partial charge in [0.1, 0.15) is 5.75 Å². The van der Waals surface area contributed by atoms with Crippen molar-refractivity contribution in [2.75, 3.05) is 6.26 Å². The number of hydrogen-bond acceptors (Lipinski definition) is 3. The molecule has 0 fully saturated rings. The molecule has 0 amide bonds. The number of benzene rings is 1. The largest absolute Gasteiger partial charge is 0.424 e. The molecule has 14 heavy (non-hydrogen) atoms. The van der Waals surface area contributed by atoms with Gasteiger partial charge in [-0.3, -0.25) is 0 Å². The van der Waals surface area contributed by atoms with Crippen molar-refractivity contribution in [2.24, 2.45) is 0 Å². The van der Waals surface area contributed by atoms with Gasteiger partial charge in [0.25, 0.3) is 0 Å². The van der Waals surface area contributed by atoms with Crippen LogP contribution in [0.25, 0.3) is 0 Å². The number of hydrogen-bond donors (Lipinski definition) is 2. The zero-order valence-corrected chi connectivity index (χ0v) is 10.3. The fourth-order valence-corrected chi connectivity index (χ4v) is 2.36. The van der Waals surface area contributed by atoms with E-state index in [9.17, 15) is 0 Å². The Bertz CT molecular complexity index is 375. The second kappa shape index (κ2) is 4.64. The van der Waals surface area contributed by atoms with Gasteiger partial charge < -0.3 is 14.3 Å². The normalized spacial score (nSPS) is 11.4. The molecule has 0 aromatic heterocycles. The Morgan fingerprint density at radius 1 is 1.43 bits per heavy atom. The van der Waals surface area contributed by atoms with Crippen molar-refractivity contribution in [1.29, 1.82) is 0 Å². The van der Waals surface area contributed by atoms with Crippen LogP contribution in [0.15, 0.2) is 23.1 Å². The molecular weight excluding hydrogens is 239 g/mol. The standard InChI is InChI=1S/C8H11O3PS2/c1-6-7(11-12(9,10)13)4-3-5-8(6)14-2/h3-5H,1-2H3,(H2,9,10,13). The molecule has 1 aromatic rings. The lowest BCUT2D eigenvalue weighted by Crippen LogP contribution is -1.93. The monoisotopic (exact) mass is 250 g/mol. The SMILES string of the molecule is CSc1cccc(OP(O)(O)=S)c1C. The predicted octanol–water partition coefficient (Wildman–Crippen LogP) is 2.30. The molecule has 0 aliphatic rings. The Hall–Kier alpha value is -0.0600. The van der Waals surface area contributed by atoms with Crippen LogP contribution in [-0.4, -0.2) is 16.0 Å². The second-order valence-electron chi connectivity index (χ2n) is 2.67. The minimum atomic E-state index is -3.62. The highest BCUT2D eigenvalue weighted by Gasteiger charge is 2.13. The van der Waals surface area contributed by atoms with E-state index in [4.69, 9.17) is 14.3 Å². The summed E-state index contributed by atoms with van der Waals surface area (Å²) < 4.78 is 4.90. The van der Waals surface area contributed by atoms with E-state index in [1.54, 1.807) is 23.9 Å². The molecule has 1 aromatic carbocycles. The van der Waals surface area contributed by atoms with Crippen LogP contribution in [0.1, 0.15) is 5.56 Å². The van der Waals surface area contributed by atoms with Crippen LogP contribution in [0.2, 0.25) is 0 Å². The molecule has 6 heteroatoms. The summed E-state index contributed by atoms with van der Waals surface area (Å²) in [5, 5.41) is 0. The molecule has 0 unspecified atom stereocenters. The maximum absolute atomic E-state index is 9.01. The predicted molar refractivity (Wildman–Crippen MR) is 62.3 cm³/mol. The first-order valence-electron chi connectivity index (χ1n) is 3.83. The molecule has 0 atom stereocenters. The van der Waals surface area contributed by atoms with Crippen molar-refractivity contribution in [3.8, 4) is 5.75 Å². The van der Waals surface area contributed by atoms with Crippen molar-refractivity contribution in [2.45, 2.75) is 11.8 Å². The highest BCUT2D eigenvalue weighted by Crippen LogP contribution is 2.40. The smallest absolute Gasteiger partial charge is 0.375 e. The lowest BCUT2D eigenvalue weighted by molar-refractivity contribution is 0.369. The second-order valence-corrected chi connectivity index (χ2v) is 6.10. The average molecular weight is 250 g/mol. The van der Waals surface area contributed by atoms with E-state index in [2.05, 4.69) is 11.8 Å². The first-order valence-corrected chi connectivity index (χ1v) is 7.68. The van der Waals surface area contributed by atoms with E-state index in [1.807, 2.05) is 19.2 Å². The minimum absolute atomic E-state index is 0.435. The van der Waals surface area contributed by atoms with Gasteiger partial charge in [0, 0.05) is 22.3 Å². The van der Waals surface area contributed by atoms with Gasteiger partial charge in [-0.2, -0.15) is 0 Å². The Labute approximate surface area is 92.4 Å². The quantitative estimate of drug-likeness (QED) is 0.637. The molecule has 0 heterocycles. The topological polar surface area (TPSA) is 49.7 Å². The third-order valence-electron chi connectivity index (χ3n) is 1.67. The third kappa shape index (κ3) is 3.26. The third-order valence-corrected chi connectivity index (χ3v) is 3.21. The van der Waals surface area contributed by atoms with Crippen LogP contribution in [0.3, 0.4) is 0 Å². The lowest BCUT2D eigenvalue weighted by atomic mass is 10.2. The highest BCUT2D eigenvalue weighted by atomic mass is 32.5. The van der Waals surface area contributed by atoms with Crippen LogP contribution >= 0.6 is 18.5 Å². The molecule has 0 aliphatic heterocycles. The Kier molecular flexibility index (Phi) is 3.98. The van der Waals surface area contributed by atoms with Gasteiger partial charge in [-0.05, 0) is 25.3 Å². The summed E-state index contributed by atoms with van der Waals surface area (Å²) in [6.45, 7) is -1.77. The van der Waals surface area contributed by atoms with Gasteiger partial charge in [-0.1, -0.05) is 6.07 Å². The summed E-state index contributed by atoms with van der Waals surface area (Å²) in [6, 6.07) is 5.40. The fraction of sp³-hybridized carbons (Fsp3) is 0.250. The summed E-state index contributed by atoms with van der Waals surface area (Å²) in [4.78, 5) is 19.1. The molecule has 0 bridgehead atoms. The van der Waals surface area contributed by atoms with Crippen molar-refractivity contribution < 1.29 is 14.3 Å². The molecule has 1 rings (SSSR count). The summed E-state index contributed by atoms with van der Waals surface area (Å²) in [5.74, 6) is 0.435. The van der Waals surface area contributed by atoms with E-state index < -0.39 is 6.72 Å². The van der Waals surface area contributed by atoms with E-state index in [0.717, 1.165) is 10.5 Å². The first-order chi connectivity index (χ1) is 6.44. The molecule has 0 aliphatic carbocycles. The van der Waals surface area contributed by atoms with Crippen LogP contribution in [0, 0.1) is 6.92 Å². The lowest BCUT2D eigenvalue weighted by Gasteiger charge is -2.13. The van der Waals surface area contributed by atoms with E-state index in [-0.39, 0.29) is 0 Å². The van der Waals surface area contributed by atoms with E-state index >= 15 is 0 Å². The average Bonchev–Trinajstić information content (AvgIpc) is 2.06. The van der Waals surface area contributed by atoms with Gasteiger partial charge in [-0.15, -0.1) is 11.8 Å². The minimum Gasteiger partial charge on any atom is -0.424 e. The maximum atomic E-state index is 9.01. The molecule has 78 valence electrons. The van der Waals surface area contributed by atoms with Crippen molar-refractivity contribution >= 4 is 30.3 Å². The summed E-state index contributed by atoms with van der Waals surface area (Å²) in [7, 11) is 0. The van der Waals surface area contributed by atoms with Gasteiger partial charge >= 0.3 is 6.72 Å². The van der Waals surface area contributed by atoms with Gasteiger partial charge in [0.05, 0.1) is 0 Å². The maximum Gasteiger partial charge on any atom is 0.375 e.